The highest BCUT2D eigenvalue weighted by molar-refractivity contribution is 8.04. The van der Waals surface area contributed by atoms with Gasteiger partial charge in [-0.1, -0.05) is 35.9 Å². The fourth-order valence-electron chi connectivity index (χ4n) is 2.08. The van der Waals surface area contributed by atoms with Gasteiger partial charge < -0.3 is 5.32 Å². The second-order valence-corrected chi connectivity index (χ2v) is 5.56. The molecule has 0 saturated heterocycles. The summed E-state index contributed by atoms with van der Waals surface area (Å²) in [5.41, 5.74) is 2.69. The van der Waals surface area contributed by atoms with Crippen LogP contribution >= 0.6 is 23.4 Å². The van der Waals surface area contributed by atoms with E-state index in [1.165, 1.54) is 16.0 Å². The predicted molar refractivity (Wildman–Crippen MR) is 70.6 cm³/mol. The van der Waals surface area contributed by atoms with E-state index in [1.54, 1.807) is 0 Å². The SMILES string of the molecule is Clc1ccccc1C1C=C2CCNC=C2S1. The van der Waals surface area contributed by atoms with Gasteiger partial charge in [-0.2, -0.15) is 0 Å². The van der Waals surface area contributed by atoms with Gasteiger partial charge in [-0.25, -0.2) is 0 Å². The van der Waals surface area contributed by atoms with Crippen molar-refractivity contribution < 1.29 is 0 Å². The summed E-state index contributed by atoms with van der Waals surface area (Å²) in [6.45, 7) is 1.05. The normalized spacial score (nSPS) is 23.2. The van der Waals surface area contributed by atoms with Crippen LogP contribution in [-0.4, -0.2) is 6.54 Å². The molecule has 3 heteroatoms. The van der Waals surface area contributed by atoms with E-state index in [0.717, 1.165) is 18.0 Å². The second-order valence-electron chi connectivity index (χ2n) is 3.96. The Morgan fingerprint density at radius 1 is 1.31 bits per heavy atom. The maximum Gasteiger partial charge on any atom is 0.0546 e. The Bertz CT molecular complexity index is 479. The first-order valence-electron chi connectivity index (χ1n) is 5.40. The standard InChI is InChI=1S/C13H12ClNS/c14-11-4-2-1-3-10(11)12-7-9-5-6-15-8-13(9)16-12/h1-4,7-8,12,15H,5-6H2. The molecule has 82 valence electrons. The van der Waals surface area contributed by atoms with Gasteiger partial charge in [-0.05, 0) is 23.6 Å². The summed E-state index contributed by atoms with van der Waals surface area (Å²) in [5.74, 6) is 0. The second kappa shape index (κ2) is 4.19. The van der Waals surface area contributed by atoms with Crippen molar-refractivity contribution in [2.45, 2.75) is 11.7 Å². The Morgan fingerprint density at radius 2 is 2.19 bits per heavy atom. The van der Waals surface area contributed by atoms with Crippen LogP contribution in [0.1, 0.15) is 17.2 Å². The molecule has 0 bridgehead atoms. The Balaban J connectivity index is 1.95. The van der Waals surface area contributed by atoms with Gasteiger partial charge in [-0.3, -0.25) is 0 Å². The Morgan fingerprint density at radius 3 is 3.00 bits per heavy atom. The molecule has 1 atom stereocenters. The Kier molecular flexibility index (Phi) is 2.70. The first-order valence-corrected chi connectivity index (χ1v) is 6.66. The molecule has 2 aliphatic heterocycles. The molecule has 0 aliphatic carbocycles. The number of rotatable bonds is 1. The minimum atomic E-state index is 0.384. The van der Waals surface area contributed by atoms with Gasteiger partial charge in [0, 0.05) is 22.7 Å². The van der Waals surface area contributed by atoms with E-state index in [1.807, 2.05) is 23.9 Å². The molecule has 0 amide bonds. The van der Waals surface area contributed by atoms with Crippen molar-refractivity contribution in [1.82, 2.24) is 5.32 Å². The summed E-state index contributed by atoms with van der Waals surface area (Å²) in [6, 6.07) is 8.11. The molecular formula is C13H12ClNS. The number of hydrogen-bond donors (Lipinski definition) is 1. The fourth-order valence-corrected chi connectivity index (χ4v) is 3.70. The predicted octanol–water partition coefficient (Wildman–Crippen LogP) is 3.89. The number of nitrogens with one attached hydrogen (secondary N) is 1. The zero-order valence-corrected chi connectivity index (χ0v) is 10.3. The Labute approximate surface area is 105 Å². The van der Waals surface area contributed by atoms with Crippen LogP contribution in [0.3, 0.4) is 0 Å². The van der Waals surface area contributed by atoms with Crippen molar-refractivity contribution in [2.75, 3.05) is 6.54 Å². The van der Waals surface area contributed by atoms with Gasteiger partial charge in [0.05, 0.1) is 5.25 Å². The largest absolute Gasteiger partial charge is 0.390 e. The number of thioether (sulfide) groups is 1. The van der Waals surface area contributed by atoms with E-state index in [9.17, 15) is 0 Å². The highest BCUT2D eigenvalue weighted by Gasteiger charge is 2.25. The maximum absolute atomic E-state index is 6.22. The van der Waals surface area contributed by atoms with Crippen molar-refractivity contribution in [1.29, 1.82) is 0 Å². The molecule has 0 radical (unpaired) electrons. The molecule has 0 fully saturated rings. The summed E-state index contributed by atoms with van der Waals surface area (Å²) in [6.07, 6.45) is 5.59. The van der Waals surface area contributed by atoms with Gasteiger partial charge in [-0.15, -0.1) is 11.8 Å². The molecule has 16 heavy (non-hydrogen) atoms. The summed E-state index contributed by atoms with van der Waals surface area (Å²) in [5, 5.41) is 4.54. The quantitative estimate of drug-likeness (QED) is 0.811. The lowest BCUT2D eigenvalue weighted by atomic mass is 10.1. The van der Waals surface area contributed by atoms with Crippen molar-refractivity contribution in [3.8, 4) is 0 Å². The van der Waals surface area contributed by atoms with Crippen LogP contribution in [0.2, 0.25) is 5.02 Å². The zero-order valence-electron chi connectivity index (χ0n) is 8.74. The lowest BCUT2D eigenvalue weighted by Gasteiger charge is -2.12. The smallest absolute Gasteiger partial charge is 0.0546 e. The highest BCUT2D eigenvalue weighted by atomic mass is 35.5. The molecule has 0 saturated carbocycles. The molecule has 1 nitrogen and oxygen atoms in total. The van der Waals surface area contributed by atoms with Gasteiger partial charge in [0.25, 0.3) is 0 Å². The third-order valence-electron chi connectivity index (χ3n) is 2.91. The molecule has 0 aromatic heterocycles. The fraction of sp³-hybridized carbons (Fsp3) is 0.231. The van der Waals surface area contributed by atoms with Crippen LogP contribution in [0.25, 0.3) is 0 Å². The van der Waals surface area contributed by atoms with E-state index in [0.29, 0.717) is 5.25 Å². The van der Waals surface area contributed by atoms with E-state index < -0.39 is 0 Å². The van der Waals surface area contributed by atoms with Crippen molar-refractivity contribution in [3.63, 3.8) is 0 Å². The minimum Gasteiger partial charge on any atom is -0.390 e. The van der Waals surface area contributed by atoms with Crippen LogP contribution in [0, 0.1) is 0 Å². The van der Waals surface area contributed by atoms with Crippen LogP contribution in [-0.2, 0) is 0 Å². The molecule has 1 unspecified atom stereocenters. The van der Waals surface area contributed by atoms with Crippen molar-refractivity contribution in [2.24, 2.45) is 0 Å². The van der Waals surface area contributed by atoms with E-state index in [2.05, 4.69) is 29.7 Å². The number of benzene rings is 1. The average molecular weight is 250 g/mol. The lowest BCUT2D eigenvalue weighted by Crippen LogP contribution is -2.13. The molecule has 2 heterocycles. The zero-order chi connectivity index (χ0) is 11.0. The van der Waals surface area contributed by atoms with Gasteiger partial charge in [0.2, 0.25) is 0 Å². The molecule has 1 aromatic rings. The van der Waals surface area contributed by atoms with E-state index in [4.69, 9.17) is 11.6 Å². The topological polar surface area (TPSA) is 12.0 Å². The number of allylic oxidation sites excluding steroid dienone is 1. The van der Waals surface area contributed by atoms with Gasteiger partial charge in [0.15, 0.2) is 0 Å². The third-order valence-corrected chi connectivity index (χ3v) is 4.53. The van der Waals surface area contributed by atoms with E-state index in [-0.39, 0.29) is 0 Å². The lowest BCUT2D eigenvalue weighted by molar-refractivity contribution is 0.804. The highest BCUT2D eigenvalue weighted by Crippen LogP contribution is 2.49. The number of fused-ring (bicyclic) bond motifs is 1. The average Bonchev–Trinajstić information content (AvgIpc) is 2.73. The summed E-state index contributed by atoms with van der Waals surface area (Å²) in [4.78, 5) is 1.37. The van der Waals surface area contributed by atoms with Crippen LogP contribution in [0.5, 0.6) is 0 Å². The summed E-state index contributed by atoms with van der Waals surface area (Å²) in [7, 11) is 0. The first kappa shape index (κ1) is 10.3. The van der Waals surface area contributed by atoms with Gasteiger partial charge >= 0.3 is 0 Å². The molecule has 0 spiro atoms. The summed E-state index contributed by atoms with van der Waals surface area (Å²) >= 11 is 8.11. The number of halogens is 1. The molecule has 3 rings (SSSR count). The maximum atomic E-state index is 6.22. The van der Waals surface area contributed by atoms with Crippen LogP contribution in [0.4, 0.5) is 0 Å². The monoisotopic (exact) mass is 249 g/mol. The van der Waals surface area contributed by atoms with Crippen molar-refractivity contribution in [3.05, 3.63) is 57.6 Å². The summed E-state index contributed by atoms with van der Waals surface area (Å²) < 4.78 is 0. The number of hydrogen-bond acceptors (Lipinski definition) is 2. The molecular weight excluding hydrogens is 238 g/mol. The Hall–Kier alpha value is -0.860. The first-order chi connectivity index (χ1) is 7.84. The van der Waals surface area contributed by atoms with Crippen molar-refractivity contribution >= 4 is 23.4 Å². The van der Waals surface area contributed by atoms with Crippen LogP contribution < -0.4 is 5.32 Å². The molecule has 2 aliphatic rings. The molecule has 1 aromatic carbocycles. The minimum absolute atomic E-state index is 0.384. The molecule has 1 N–H and O–H groups in total. The third kappa shape index (κ3) is 1.76. The van der Waals surface area contributed by atoms with E-state index >= 15 is 0 Å². The van der Waals surface area contributed by atoms with Gasteiger partial charge in [0.1, 0.15) is 0 Å². The van der Waals surface area contributed by atoms with Crippen LogP contribution in [0.15, 0.2) is 47.0 Å².